The number of hydrogen-bond donors (Lipinski definition) is 0. The summed E-state index contributed by atoms with van der Waals surface area (Å²) in [5, 5.41) is 0. The fourth-order valence-electron chi connectivity index (χ4n) is 2.79. The Morgan fingerprint density at radius 1 is 0.542 bits per heavy atom. The molecular weight excluding hydrogens is 316 g/mol. The van der Waals surface area contributed by atoms with Gasteiger partial charge in [0.15, 0.2) is 9.84 Å². The van der Waals surface area contributed by atoms with E-state index < -0.39 is 9.84 Å². The smallest absolute Gasteiger partial charge is 0.158 e. The van der Waals surface area contributed by atoms with Crippen molar-refractivity contribution in [3.05, 3.63) is 107 Å². The van der Waals surface area contributed by atoms with Crippen molar-refractivity contribution in [2.75, 3.05) is 0 Å². The minimum Gasteiger partial charge on any atom is -0.228 e. The van der Waals surface area contributed by atoms with E-state index in [2.05, 4.69) is 12.1 Å². The third kappa shape index (κ3) is 4.80. The van der Waals surface area contributed by atoms with Gasteiger partial charge in [-0.3, -0.25) is 0 Å². The number of sulfone groups is 1. The second kappa shape index (κ2) is 7.45. The van der Waals surface area contributed by atoms with Gasteiger partial charge in [0, 0.05) is 0 Å². The molecule has 2 nitrogen and oxygen atoms in total. The molecule has 0 saturated heterocycles. The molecule has 0 bridgehead atoms. The van der Waals surface area contributed by atoms with Gasteiger partial charge in [-0.1, -0.05) is 84.9 Å². The number of benzene rings is 3. The molecule has 24 heavy (non-hydrogen) atoms. The Hall–Kier alpha value is -2.39. The molecule has 0 radical (unpaired) electrons. The van der Waals surface area contributed by atoms with Crippen LogP contribution in [0.15, 0.2) is 84.9 Å². The highest BCUT2D eigenvalue weighted by Crippen LogP contribution is 2.16. The minimum absolute atomic E-state index is 0.0739. The minimum atomic E-state index is -3.18. The zero-order valence-corrected chi connectivity index (χ0v) is 14.2. The molecule has 0 atom stereocenters. The van der Waals surface area contributed by atoms with E-state index in [0.29, 0.717) is 0 Å². The zero-order valence-electron chi connectivity index (χ0n) is 13.4. The molecule has 0 heterocycles. The van der Waals surface area contributed by atoms with Crippen molar-refractivity contribution in [3.8, 4) is 0 Å². The number of rotatable bonds is 6. The van der Waals surface area contributed by atoms with Crippen LogP contribution >= 0.6 is 0 Å². The van der Waals surface area contributed by atoms with Crippen LogP contribution in [0.5, 0.6) is 0 Å². The molecule has 0 aliphatic carbocycles. The summed E-state index contributed by atoms with van der Waals surface area (Å²) in [4.78, 5) is 0. The Morgan fingerprint density at radius 2 is 1.04 bits per heavy atom. The molecule has 3 rings (SSSR count). The predicted octanol–water partition coefficient (Wildman–Crippen LogP) is 4.39. The summed E-state index contributed by atoms with van der Waals surface area (Å²) in [6, 6.07) is 27.4. The fraction of sp³-hybridized carbons (Fsp3) is 0.143. The molecule has 0 amide bonds. The first-order chi connectivity index (χ1) is 11.6. The average molecular weight is 336 g/mol. The predicted molar refractivity (Wildman–Crippen MR) is 98.5 cm³/mol. The van der Waals surface area contributed by atoms with Crippen LogP contribution in [0.1, 0.15) is 22.3 Å². The highest BCUT2D eigenvalue weighted by Gasteiger charge is 2.13. The van der Waals surface area contributed by atoms with Crippen molar-refractivity contribution in [1.29, 1.82) is 0 Å². The van der Waals surface area contributed by atoms with E-state index in [0.717, 1.165) is 23.1 Å². The molecule has 0 aromatic heterocycles. The van der Waals surface area contributed by atoms with Gasteiger partial charge in [-0.15, -0.1) is 0 Å². The second-order valence-electron chi connectivity index (χ2n) is 6.00. The maximum atomic E-state index is 12.4. The van der Waals surface area contributed by atoms with Crippen LogP contribution in [-0.4, -0.2) is 8.42 Å². The Balaban J connectivity index is 1.72. The monoisotopic (exact) mass is 336 g/mol. The normalized spacial score (nSPS) is 11.3. The zero-order chi connectivity index (χ0) is 16.8. The molecule has 0 saturated carbocycles. The van der Waals surface area contributed by atoms with Gasteiger partial charge in [0.05, 0.1) is 11.5 Å². The van der Waals surface area contributed by atoms with Gasteiger partial charge >= 0.3 is 0 Å². The SMILES string of the molecule is O=S(=O)(Cc1ccccc1)Cc1cccc(Cc2ccccc2)c1. The lowest BCUT2D eigenvalue weighted by molar-refractivity contribution is 0.594. The maximum absolute atomic E-state index is 12.4. The molecule has 0 fully saturated rings. The molecule has 0 spiro atoms. The molecular formula is C21H20O2S. The summed E-state index contributed by atoms with van der Waals surface area (Å²) in [5.41, 5.74) is 4.03. The second-order valence-corrected chi connectivity index (χ2v) is 8.06. The highest BCUT2D eigenvalue weighted by atomic mass is 32.2. The molecule has 0 unspecified atom stereocenters. The summed E-state index contributed by atoms with van der Waals surface area (Å²) in [5.74, 6) is 0.154. The largest absolute Gasteiger partial charge is 0.228 e. The van der Waals surface area contributed by atoms with Gasteiger partial charge < -0.3 is 0 Å². The molecule has 122 valence electrons. The summed E-state index contributed by atoms with van der Waals surface area (Å²) < 4.78 is 24.9. The maximum Gasteiger partial charge on any atom is 0.158 e. The summed E-state index contributed by atoms with van der Waals surface area (Å²) >= 11 is 0. The van der Waals surface area contributed by atoms with Gasteiger partial charge in [0.2, 0.25) is 0 Å². The lowest BCUT2D eigenvalue weighted by atomic mass is 10.0. The van der Waals surface area contributed by atoms with Gasteiger partial charge in [0.25, 0.3) is 0 Å². The summed E-state index contributed by atoms with van der Waals surface area (Å²) in [6.45, 7) is 0. The van der Waals surface area contributed by atoms with Crippen molar-refractivity contribution < 1.29 is 8.42 Å². The van der Waals surface area contributed by atoms with Crippen LogP contribution in [0, 0.1) is 0 Å². The van der Waals surface area contributed by atoms with Crippen molar-refractivity contribution in [2.24, 2.45) is 0 Å². The van der Waals surface area contributed by atoms with Crippen LogP contribution in [-0.2, 0) is 27.8 Å². The van der Waals surface area contributed by atoms with Crippen LogP contribution in [0.2, 0.25) is 0 Å². The molecule has 3 aromatic carbocycles. The molecule has 3 aromatic rings. The average Bonchev–Trinajstić information content (AvgIpc) is 2.56. The molecule has 0 aliphatic rings. The van der Waals surface area contributed by atoms with Gasteiger partial charge in [-0.25, -0.2) is 8.42 Å². The quantitative estimate of drug-likeness (QED) is 0.669. The highest BCUT2D eigenvalue weighted by molar-refractivity contribution is 7.89. The topological polar surface area (TPSA) is 34.1 Å². The van der Waals surface area contributed by atoms with Crippen molar-refractivity contribution in [3.63, 3.8) is 0 Å². The van der Waals surface area contributed by atoms with Crippen molar-refractivity contribution in [2.45, 2.75) is 17.9 Å². The van der Waals surface area contributed by atoms with E-state index in [1.54, 1.807) is 0 Å². The van der Waals surface area contributed by atoms with E-state index in [4.69, 9.17) is 0 Å². The van der Waals surface area contributed by atoms with Crippen LogP contribution in [0.3, 0.4) is 0 Å². The lowest BCUT2D eigenvalue weighted by Gasteiger charge is -2.07. The Kier molecular flexibility index (Phi) is 5.11. The first kappa shape index (κ1) is 16.5. The Labute approximate surface area is 143 Å². The molecule has 0 aliphatic heterocycles. The van der Waals surface area contributed by atoms with Crippen LogP contribution in [0.4, 0.5) is 0 Å². The van der Waals surface area contributed by atoms with Crippen LogP contribution < -0.4 is 0 Å². The third-order valence-electron chi connectivity index (χ3n) is 3.86. The molecule has 0 N–H and O–H groups in total. The Bertz CT molecular complexity index is 885. The van der Waals surface area contributed by atoms with Crippen LogP contribution in [0.25, 0.3) is 0 Å². The lowest BCUT2D eigenvalue weighted by Crippen LogP contribution is -2.07. The summed E-state index contributed by atoms with van der Waals surface area (Å²) in [7, 11) is -3.18. The molecule has 3 heteroatoms. The van der Waals surface area contributed by atoms with E-state index >= 15 is 0 Å². The van der Waals surface area contributed by atoms with Gasteiger partial charge in [-0.2, -0.15) is 0 Å². The fourth-order valence-corrected chi connectivity index (χ4v) is 4.28. The first-order valence-electron chi connectivity index (χ1n) is 7.97. The third-order valence-corrected chi connectivity index (χ3v) is 5.40. The van der Waals surface area contributed by atoms with E-state index in [1.165, 1.54) is 5.56 Å². The van der Waals surface area contributed by atoms with E-state index in [1.807, 2.05) is 72.8 Å². The first-order valence-corrected chi connectivity index (χ1v) is 9.79. The standard InChI is InChI=1S/C21H20O2S/c22-24(23,16-19-10-5-2-6-11-19)17-21-13-7-12-20(15-21)14-18-8-3-1-4-9-18/h1-13,15H,14,16-17H2. The van der Waals surface area contributed by atoms with Crippen molar-refractivity contribution in [1.82, 2.24) is 0 Å². The van der Waals surface area contributed by atoms with E-state index in [9.17, 15) is 8.42 Å². The van der Waals surface area contributed by atoms with Gasteiger partial charge in [0.1, 0.15) is 0 Å². The van der Waals surface area contributed by atoms with Gasteiger partial charge in [-0.05, 0) is 28.7 Å². The number of hydrogen-bond acceptors (Lipinski definition) is 2. The Morgan fingerprint density at radius 3 is 1.71 bits per heavy atom. The summed E-state index contributed by atoms with van der Waals surface area (Å²) in [6.07, 6.45) is 0.813. The van der Waals surface area contributed by atoms with E-state index in [-0.39, 0.29) is 11.5 Å². The van der Waals surface area contributed by atoms with Crippen molar-refractivity contribution >= 4 is 9.84 Å².